The van der Waals surface area contributed by atoms with Gasteiger partial charge in [-0.05, 0) is 33.6 Å². The predicted molar refractivity (Wildman–Crippen MR) is 90.8 cm³/mol. The number of aromatic nitrogens is 2. The molecule has 0 unspecified atom stereocenters. The SMILES string of the molecule is CC(C)(C)OC(=O)N1CC(Cc2nnc([C@@H]3CC[C@H]4CN3C(=O)N4O)o2)C1. The lowest BCUT2D eigenvalue weighted by atomic mass is 9.97. The number of carbonyl (C=O) groups excluding carboxylic acids is 2. The van der Waals surface area contributed by atoms with E-state index in [-0.39, 0.29) is 24.1 Å². The lowest BCUT2D eigenvalue weighted by Crippen LogP contribution is -2.52. The molecule has 3 fully saturated rings. The van der Waals surface area contributed by atoms with E-state index in [2.05, 4.69) is 10.2 Å². The molecule has 0 saturated carbocycles. The van der Waals surface area contributed by atoms with Crippen LogP contribution in [0.4, 0.5) is 9.59 Å². The molecule has 148 valence electrons. The second-order valence-corrected chi connectivity index (χ2v) is 8.52. The molecular weight excluding hydrogens is 354 g/mol. The fraction of sp³-hybridized carbons (Fsp3) is 0.765. The molecule has 0 aromatic carbocycles. The van der Waals surface area contributed by atoms with Crippen LogP contribution in [0.1, 0.15) is 51.4 Å². The Bertz CT molecular complexity index is 738. The first-order valence-corrected chi connectivity index (χ1v) is 9.30. The largest absolute Gasteiger partial charge is 0.444 e. The van der Waals surface area contributed by atoms with Gasteiger partial charge in [-0.25, -0.2) is 14.7 Å². The summed E-state index contributed by atoms with van der Waals surface area (Å²) >= 11 is 0. The average Bonchev–Trinajstić information content (AvgIpc) is 3.09. The number of carbonyl (C=O) groups is 2. The van der Waals surface area contributed by atoms with Crippen molar-refractivity contribution < 1.29 is 24.0 Å². The first kappa shape index (κ1) is 18.0. The third-order valence-corrected chi connectivity index (χ3v) is 5.18. The summed E-state index contributed by atoms with van der Waals surface area (Å²) in [4.78, 5) is 27.3. The topological polar surface area (TPSA) is 112 Å². The van der Waals surface area contributed by atoms with Gasteiger partial charge < -0.3 is 19.0 Å². The maximum Gasteiger partial charge on any atom is 0.410 e. The van der Waals surface area contributed by atoms with Gasteiger partial charge in [0.1, 0.15) is 11.6 Å². The van der Waals surface area contributed by atoms with Crippen LogP contribution in [0.15, 0.2) is 4.42 Å². The molecule has 1 aromatic heterocycles. The minimum absolute atomic E-state index is 0.148. The quantitative estimate of drug-likeness (QED) is 0.797. The molecule has 1 N–H and O–H groups in total. The van der Waals surface area contributed by atoms with Gasteiger partial charge in [-0.1, -0.05) is 0 Å². The van der Waals surface area contributed by atoms with E-state index in [0.717, 1.165) is 5.06 Å². The van der Waals surface area contributed by atoms with E-state index in [1.165, 1.54) is 0 Å². The molecule has 10 nitrogen and oxygen atoms in total. The second kappa shape index (κ2) is 6.36. The first-order valence-electron chi connectivity index (χ1n) is 9.30. The van der Waals surface area contributed by atoms with Gasteiger partial charge in [0.15, 0.2) is 0 Å². The van der Waals surface area contributed by atoms with Crippen LogP contribution >= 0.6 is 0 Å². The van der Waals surface area contributed by atoms with E-state index in [4.69, 9.17) is 9.15 Å². The minimum Gasteiger partial charge on any atom is -0.444 e. The van der Waals surface area contributed by atoms with Crippen LogP contribution in [0.25, 0.3) is 0 Å². The third kappa shape index (κ3) is 3.45. The Kier molecular flexibility index (Phi) is 4.25. The van der Waals surface area contributed by atoms with Crippen LogP contribution in [0.5, 0.6) is 0 Å². The fourth-order valence-corrected chi connectivity index (χ4v) is 3.81. The number of hydrogen-bond acceptors (Lipinski definition) is 7. The summed E-state index contributed by atoms with van der Waals surface area (Å²) in [5.74, 6) is 1.17. The second-order valence-electron chi connectivity index (χ2n) is 8.52. The fourth-order valence-electron chi connectivity index (χ4n) is 3.81. The number of rotatable bonds is 3. The highest BCUT2D eigenvalue weighted by Gasteiger charge is 2.46. The van der Waals surface area contributed by atoms with Gasteiger partial charge in [-0.15, -0.1) is 10.2 Å². The van der Waals surface area contributed by atoms with Gasteiger partial charge in [0.25, 0.3) is 0 Å². The number of ether oxygens (including phenoxy) is 1. The van der Waals surface area contributed by atoms with Gasteiger partial charge in [-0.3, -0.25) is 5.21 Å². The van der Waals surface area contributed by atoms with E-state index in [1.807, 2.05) is 20.8 Å². The summed E-state index contributed by atoms with van der Waals surface area (Å²) in [5, 5.41) is 18.8. The van der Waals surface area contributed by atoms with Crippen LogP contribution in [-0.4, -0.2) is 73.7 Å². The predicted octanol–water partition coefficient (Wildman–Crippen LogP) is 1.81. The number of hydrogen-bond donors (Lipinski definition) is 1. The number of hydroxylamine groups is 2. The van der Waals surface area contributed by atoms with Crippen molar-refractivity contribution in [3.8, 4) is 0 Å². The van der Waals surface area contributed by atoms with E-state index < -0.39 is 11.6 Å². The van der Waals surface area contributed by atoms with Crippen LogP contribution in [0.3, 0.4) is 0 Å². The number of amides is 3. The lowest BCUT2D eigenvalue weighted by molar-refractivity contribution is -0.0584. The van der Waals surface area contributed by atoms with Crippen LogP contribution in [-0.2, 0) is 11.2 Å². The number of fused-ring (bicyclic) bond motifs is 2. The zero-order valence-electron chi connectivity index (χ0n) is 15.8. The van der Waals surface area contributed by atoms with E-state index in [1.54, 1.807) is 9.80 Å². The van der Waals surface area contributed by atoms with Crippen LogP contribution in [0.2, 0.25) is 0 Å². The van der Waals surface area contributed by atoms with Crippen LogP contribution in [0, 0.1) is 5.92 Å². The molecule has 27 heavy (non-hydrogen) atoms. The van der Waals surface area contributed by atoms with Crippen molar-refractivity contribution in [1.29, 1.82) is 0 Å². The maximum absolute atomic E-state index is 12.1. The van der Waals surface area contributed by atoms with Gasteiger partial charge in [0.05, 0.1) is 6.04 Å². The third-order valence-electron chi connectivity index (χ3n) is 5.18. The number of likely N-dealkylation sites (tertiary alicyclic amines) is 1. The van der Waals surface area contributed by atoms with E-state index >= 15 is 0 Å². The molecular formula is C17H25N5O5. The zero-order valence-corrected chi connectivity index (χ0v) is 15.8. The summed E-state index contributed by atoms with van der Waals surface area (Å²) in [6, 6.07) is -0.842. The molecule has 0 radical (unpaired) electrons. The minimum atomic E-state index is -0.500. The Morgan fingerprint density at radius 1 is 1.26 bits per heavy atom. The highest BCUT2D eigenvalue weighted by Crippen LogP contribution is 2.37. The molecule has 4 rings (SSSR count). The highest BCUT2D eigenvalue weighted by molar-refractivity contribution is 5.76. The van der Waals surface area contributed by atoms with E-state index in [0.29, 0.717) is 50.7 Å². The van der Waals surface area contributed by atoms with Crippen molar-refractivity contribution >= 4 is 12.1 Å². The Morgan fingerprint density at radius 3 is 2.70 bits per heavy atom. The first-order chi connectivity index (χ1) is 12.7. The Balaban J connectivity index is 1.31. The summed E-state index contributed by atoms with van der Waals surface area (Å²) in [7, 11) is 0. The van der Waals surface area contributed by atoms with Crippen molar-refractivity contribution in [2.75, 3.05) is 19.6 Å². The molecule has 10 heteroatoms. The average molecular weight is 379 g/mol. The summed E-state index contributed by atoms with van der Waals surface area (Å²) in [5.41, 5.74) is -0.500. The molecule has 3 amide bonds. The smallest absolute Gasteiger partial charge is 0.410 e. The molecule has 3 aliphatic rings. The highest BCUT2D eigenvalue weighted by atomic mass is 16.6. The van der Waals surface area contributed by atoms with E-state index in [9.17, 15) is 14.8 Å². The number of urea groups is 1. The normalized spacial score (nSPS) is 25.8. The molecule has 3 saturated heterocycles. The standard InChI is InChI=1S/C17H25N5O5/c1-17(2,3)27-16(24)20-7-10(8-20)6-13-18-19-14(26-13)12-5-4-11-9-21(12)15(23)22(11)25/h10-12,25H,4-9H2,1-3H3/t11-,12-/m0/s1. The van der Waals surface area contributed by atoms with Crippen LogP contribution < -0.4 is 0 Å². The van der Waals surface area contributed by atoms with Crippen molar-refractivity contribution in [1.82, 2.24) is 25.1 Å². The molecule has 1 aromatic rings. The Hall–Kier alpha value is -2.36. The van der Waals surface area contributed by atoms with Crippen molar-refractivity contribution in [3.63, 3.8) is 0 Å². The molecule has 4 heterocycles. The lowest BCUT2D eigenvalue weighted by Gasteiger charge is -2.39. The molecule has 0 spiro atoms. The summed E-state index contributed by atoms with van der Waals surface area (Å²) in [6.07, 6.45) is 1.67. The maximum atomic E-state index is 12.1. The van der Waals surface area contributed by atoms with Crippen molar-refractivity contribution in [2.24, 2.45) is 5.92 Å². The number of nitrogens with zero attached hydrogens (tertiary/aromatic N) is 5. The van der Waals surface area contributed by atoms with Gasteiger partial charge >= 0.3 is 12.1 Å². The Labute approximate surface area is 157 Å². The monoisotopic (exact) mass is 379 g/mol. The van der Waals surface area contributed by atoms with Crippen molar-refractivity contribution in [2.45, 2.75) is 57.7 Å². The molecule has 3 aliphatic heterocycles. The molecule has 2 bridgehead atoms. The summed E-state index contributed by atoms with van der Waals surface area (Å²) in [6.45, 7) is 7.21. The Morgan fingerprint density at radius 2 is 2.00 bits per heavy atom. The van der Waals surface area contributed by atoms with Gasteiger partial charge in [0.2, 0.25) is 11.8 Å². The number of piperidine rings is 1. The molecule has 2 atom stereocenters. The van der Waals surface area contributed by atoms with Crippen molar-refractivity contribution in [3.05, 3.63) is 11.8 Å². The zero-order chi connectivity index (χ0) is 19.3. The molecule has 0 aliphatic carbocycles. The van der Waals surface area contributed by atoms with Gasteiger partial charge in [-0.2, -0.15) is 0 Å². The van der Waals surface area contributed by atoms with Gasteiger partial charge in [0, 0.05) is 32.0 Å². The summed E-state index contributed by atoms with van der Waals surface area (Å²) < 4.78 is 11.1.